The molecule has 3 nitrogen and oxygen atoms in total. The van der Waals surface area contributed by atoms with Gasteiger partial charge >= 0.3 is 0 Å². The fraction of sp³-hybridized carbons (Fsp3) is 0.462. The van der Waals surface area contributed by atoms with Gasteiger partial charge < -0.3 is 9.64 Å². The molecule has 1 atom stereocenters. The third kappa shape index (κ3) is 4.74. The largest absolute Gasteiger partial charge is 0.383 e. The molecule has 0 N–H and O–H groups in total. The molecule has 0 aliphatic carbocycles. The van der Waals surface area contributed by atoms with Crippen LogP contribution in [0.3, 0.4) is 0 Å². The quantitative estimate of drug-likeness (QED) is 0.753. The molecule has 1 aromatic rings. The number of ether oxygens (including phenoxy) is 1. The molecule has 0 aliphatic rings. The van der Waals surface area contributed by atoms with Gasteiger partial charge in [-0.25, -0.2) is 4.39 Å². The lowest BCUT2D eigenvalue weighted by molar-refractivity contribution is -0.129. The van der Waals surface area contributed by atoms with E-state index in [1.54, 1.807) is 37.3 Å². The Labute approximate surface area is 115 Å². The van der Waals surface area contributed by atoms with Crippen LogP contribution in [-0.2, 0) is 16.0 Å². The van der Waals surface area contributed by atoms with Crippen molar-refractivity contribution >= 4 is 21.8 Å². The maximum Gasteiger partial charge on any atom is 0.226 e. The first kappa shape index (κ1) is 15.1. The molecule has 0 saturated carbocycles. The van der Waals surface area contributed by atoms with Crippen molar-refractivity contribution in [2.45, 2.75) is 11.2 Å². The standard InChI is InChI=1S/C13H17BrFNO2/c1-16(8-11(14)9-18-2)13(17)7-10-5-3-4-6-12(10)15/h3-6,11H,7-9H2,1-2H3. The number of carbonyl (C=O) groups is 1. The van der Waals surface area contributed by atoms with Crippen molar-refractivity contribution in [3.05, 3.63) is 35.6 Å². The highest BCUT2D eigenvalue weighted by Crippen LogP contribution is 2.09. The molecule has 18 heavy (non-hydrogen) atoms. The lowest BCUT2D eigenvalue weighted by Gasteiger charge is -2.20. The van der Waals surface area contributed by atoms with Crippen molar-refractivity contribution in [3.63, 3.8) is 0 Å². The van der Waals surface area contributed by atoms with Gasteiger partial charge in [0, 0.05) is 20.7 Å². The van der Waals surface area contributed by atoms with Gasteiger partial charge in [0.15, 0.2) is 0 Å². The third-order valence-corrected chi connectivity index (χ3v) is 3.10. The first-order valence-corrected chi connectivity index (χ1v) is 6.56. The highest BCUT2D eigenvalue weighted by Gasteiger charge is 2.15. The lowest BCUT2D eigenvalue weighted by Crippen LogP contribution is -2.34. The molecule has 5 heteroatoms. The molecular weight excluding hydrogens is 301 g/mol. The average Bonchev–Trinajstić information content (AvgIpc) is 2.32. The second-order valence-electron chi connectivity index (χ2n) is 4.10. The number of alkyl halides is 1. The number of hydrogen-bond acceptors (Lipinski definition) is 2. The van der Waals surface area contributed by atoms with Crippen LogP contribution in [0, 0.1) is 5.82 Å². The summed E-state index contributed by atoms with van der Waals surface area (Å²) in [6, 6.07) is 6.33. The summed E-state index contributed by atoms with van der Waals surface area (Å²) in [5.74, 6) is -0.452. The van der Waals surface area contributed by atoms with E-state index in [1.807, 2.05) is 0 Å². The Morgan fingerprint density at radius 2 is 2.17 bits per heavy atom. The van der Waals surface area contributed by atoms with Crippen LogP contribution < -0.4 is 0 Å². The predicted molar refractivity (Wildman–Crippen MR) is 72.3 cm³/mol. The first-order valence-electron chi connectivity index (χ1n) is 5.65. The zero-order valence-electron chi connectivity index (χ0n) is 10.5. The van der Waals surface area contributed by atoms with Crippen molar-refractivity contribution in [2.75, 3.05) is 27.3 Å². The number of carbonyl (C=O) groups excluding carboxylic acids is 1. The molecule has 0 spiro atoms. The van der Waals surface area contributed by atoms with Crippen molar-refractivity contribution < 1.29 is 13.9 Å². The number of methoxy groups -OCH3 is 1. The number of hydrogen-bond donors (Lipinski definition) is 0. The van der Waals surface area contributed by atoms with Gasteiger partial charge in [0.2, 0.25) is 5.91 Å². The van der Waals surface area contributed by atoms with Gasteiger partial charge in [-0.2, -0.15) is 0 Å². The van der Waals surface area contributed by atoms with Crippen LogP contribution >= 0.6 is 15.9 Å². The maximum absolute atomic E-state index is 13.4. The summed E-state index contributed by atoms with van der Waals surface area (Å²) in [4.78, 5) is 13.6. The van der Waals surface area contributed by atoms with Gasteiger partial charge in [-0.05, 0) is 11.6 Å². The second-order valence-corrected chi connectivity index (χ2v) is 5.39. The fourth-order valence-electron chi connectivity index (χ4n) is 1.57. The summed E-state index contributed by atoms with van der Waals surface area (Å²) in [6.07, 6.45) is 0.0792. The van der Waals surface area contributed by atoms with E-state index in [2.05, 4.69) is 15.9 Å². The number of halogens is 2. The molecule has 0 saturated heterocycles. The SMILES string of the molecule is COCC(Br)CN(C)C(=O)Cc1ccccc1F. The molecule has 0 radical (unpaired) electrons. The summed E-state index contributed by atoms with van der Waals surface area (Å²) in [5, 5.41) is 0. The van der Waals surface area contributed by atoms with Crippen molar-refractivity contribution in [3.8, 4) is 0 Å². The highest BCUT2D eigenvalue weighted by atomic mass is 79.9. The van der Waals surface area contributed by atoms with Crippen LogP contribution in [0.2, 0.25) is 0 Å². The number of rotatable bonds is 6. The maximum atomic E-state index is 13.4. The van der Waals surface area contributed by atoms with E-state index in [-0.39, 0.29) is 23.0 Å². The Bertz CT molecular complexity index is 400. The summed E-state index contributed by atoms with van der Waals surface area (Å²) in [7, 11) is 3.31. The number of amides is 1. The van der Waals surface area contributed by atoms with Gasteiger partial charge in [-0.1, -0.05) is 34.1 Å². The van der Waals surface area contributed by atoms with Gasteiger partial charge in [-0.3, -0.25) is 4.79 Å². The lowest BCUT2D eigenvalue weighted by atomic mass is 10.1. The van der Waals surface area contributed by atoms with E-state index in [4.69, 9.17) is 4.74 Å². The summed E-state index contributed by atoms with van der Waals surface area (Å²) >= 11 is 3.41. The highest BCUT2D eigenvalue weighted by molar-refractivity contribution is 9.09. The Morgan fingerprint density at radius 3 is 2.78 bits per heavy atom. The molecule has 0 aromatic heterocycles. The summed E-state index contributed by atoms with van der Waals surface area (Å²) in [5.41, 5.74) is 0.423. The molecule has 100 valence electrons. The Hall–Kier alpha value is -0.940. The van der Waals surface area contributed by atoms with Crippen LogP contribution in [0.25, 0.3) is 0 Å². The van der Waals surface area contributed by atoms with E-state index in [9.17, 15) is 9.18 Å². The van der Waals surface area contributed by atoms with Crippen LogP contribution in [0.1, 0.15) is 5.56 Å². The van der Waals surface area contributed by atoms with Crippen molar-refractivity contribution in [1.82, 2.24) is 4.90 Å². The minimum Gasteiger partial charge on any atom is -0.383 e. The monoisotopic (exact) mass is 317 g/mol. The van der Waals surface area contributed by atoms with Gasteiger partial charge in [0.1, 0.15) is 5.82 Å². The zero-order valence-corrected chi connectivity index (χ0v) is 12.1. The Morgan fingerprint density at radius 1 is 1.50 bits per heavy atom. The minimum absolute atomic E-state index is 0.0792. The van der Waals surface area contributed by atoms with E-state index in [0.29, 0.717) is 18.7 Å². The molecule has 1 unspecified atom stereocenters. The molecule has 0 fully saturated rings. The van der Waals surface area contributed by atoms with E-state index in [0.717, 1.165) is 0 Å². The Balaban J connectivity index is 2.52. The number of benzene rings is 1. The smallest absolute Gasteiger partial charge is 0.226 e. The van der Waals surface area contributed by atoms with Crippen LogP contribution in [0.4, 0.5) is 4.39 Å². The average molecular weight is 318 g/mol. The van der Waals surface area contributed by atoms with Gasteiger partial charge in [-0.15, -0.1) is 0 Å². The molecule has 1 aromatic carbocycles. The van der Waals surface area contributed by atoms with E-state index >= 15 is 0 Å². The second kappa shape index (κ2) is 7.48. The minimum atomic E-state index is -0.341. The zero-order chi connectivity index (χ0) is 13.5. The normalized spacial score (nSPS) is 12.2. The van der Waals surface area contributed by atoms with Gasteiger partial charge in [0.25, 0.3) is 0 Å². The number of nitrogens with zero attached hydrogens (tertiary/aromatic N) is 1. The Kier molecular flexibility index (Phi) is 6.29. The third-order valence-electron chi connectivity index (χ3n) is 2.54. The molecule has 0 aliphatic heterocycles. The molecule has 0 heterocycles. The number of likely N-dealkylation sites (N-methyl/N-ethyl adjacent to an activating group) is 1. The molecule has 1 amide bonds. The molecular formula is C13H17BrFNO2. The van der Waals surface area contributed by atoms with Crippen LogP contribution in [0.15, 0.2) is 24.3 Å². The van der Waals surface area contributed by atoms with E-state index in [1.165, 1.54) is 6.07 Å². The summed E-state index contributed by atoms with van der Waals surface area (Å²) < 4.78 is 18.4. The molecule has 0 bridgehead atoms. The fourth-order valence-corrected chi connectivity index (χ4v) is 2.27. The predicted octanol–water partition coefficient (Wildman–Crippen LogP) is 2.24. The van der Waals surface area contributed by atoms with Crippen molar-refractivity contribution in [2.24, 2.45) is 0 Å². The topological polar surface area (TPSA) is 29.5 Å². The van der Waals surface area contributed by atoms with Gasteiger partial charge in [0.05, 0.1) is 17.9 Å². The van der Waals surface area contributed by atoms with E-state index < -0.39 is 0 Å². The first-order chi connectivity index (χ1) is 8.54. The van der Waals surface area contributed by atoms with Crippen LogP contribution in [0.5, 0.6) is 0 Å². The van der Waals surface area contributed by atoms with Crippen molar-refractivity contribution in [1.29, 1.82) is 0 Å². The van der Waals surface area contributed by atoms with Crippen LogP contribution in [-0.4, -0.2) is 42.9 Å². The summed E-state index contributed by atoms with van der Waals surface area (Å²) in [6.45, 7) is 1.05. The molecule has 1 rings (SSSR count).